The molecule has 0 saturated heterocycles. The standard InChI is InChI=1S/C13H27NO2/c1-10(9-13(3,4)5)8-12(16)14-7-6-11(2)15/h10-11,15H,6-9H2,1-5H3,(H,14,16). The minimum absolute atomic E-state index is 0.0948. The lowest BCUT2D eigenvalue weighted by atomic mass is 9.84. The molecule has 2 atom stereocenters. The van der Waals surface area contributed by atoms with Gasteiger partial charge in [-0.2, -0.15) is 0 Å². The zero-order valence-corrected chi connectivity index (χ0v) is 11.3. The van der Waals surface area contributed by atoms with Gasteiger partial charge in [-0.05, 0) is 31.1 Å². The molecule has 1 amide bonds. The van der Waals surface area contributed by atoms with E-state index in [0.29, 0.717) is 25.3 Å². The van der Waals surface area contributed by atoms with Crippen molar-refractivity contribution in [2.75, 3.05) is 6.54 Å². The SMILES string of the molecule is CC(O)CCNC(=O)CC(C)CC(C)(C)C. The summed E-state index contributed by atoms with van der Waals surface area (Å²) in [5, 5.41) is 11.9. The van der Waals surface area contributed by atoms with Crippen molar-refractivity contribution in [3.8, 4) is 0 Å². The van der Waals surface area contributed by atoms with Gasteiger partial charge in [0.15, 0.2) is 0 Å². The molecule has 0 aromatic carbocycles. The van der Waals surface area contributed by atoms with Crippen molar-refractivity contribution in [1.82, 2.24) is 5.32 Å². The van der Waals surface area contributed by atoms with Gasteiger partial charge in [-0.25, -0.2) is 0 Å². The Labute approximate surface area is 99.6 Å². The number of nitrogens with one attached hydrogen (secondary N) is 1. The summed E-state index contributed by atoms with van der Waals surface area (Å²) in [6.07, 6.45) is 1.92. The van der Waals surface area contributed by atoms with Gasteiger partial charge in [-0.1, -0.05) is 27.7 Å². The van der Waals surface area contributed by atoms with Crippen LogP contribution in [0.1, 0.15) is 53.9 Å². The fourth-order valence-electron chi connectivity index (χ4n) is 1.93. The number of aliphatic hydroxyl groups excluding tert-OH is 1. The average Bonchev–Trinajstić information content (AvgIpc) is 1.98. The Bertz CT molecular complexity index is 206. The Balaban J connectivity index is 3.71. The molecule has 3 nitrogen and oxygen atoms in total. The number of carbonyl (C=O) groups is 1. The summed E-state index contributed by atoms with van der Waals surface area (Å²) in [6, 6.07) is 0. The van der Waals surface area contributed by atoms with Gasteiger partial charge in [0.05, 0.1) is 6.10 Å². The van der Waals surface area contributed by atoms with Crippen molar-refractivity contribution in [2.24, 2.45) is 11.3 Å². The number of amides is 1. The molecule has 0 aromatic heterocycles. The summed E-state index contributed by atoms with van der Waals surface area (Å²) in [4.78, 5) is 11.5. The second-order valence-corrected chi connectivity index (χ2v) is 6.06. The molecule has 0 saturated carbocycles. The molecule has 0 aromatic rings. The van der Waals surface area contributed by atoms with Crippen LogP contribution in [-0.4, -0.2) is 23.7 Å². The summed E-state index contributed by atoms with van der Waals surface area (Å²) in [7, 11) is 0. The van der Waals surface area contributed by atoms with Gasteiger partial charge in [0, 0.05) is 13.0 Å². The Morgan fingerprint density at radius 1 is 1.31 bits per heavy atom. The van der Waals surface area contributed by atoms with Crippen LogP contribution < -0.4 is 5.32 Å². The van der Waals surface area contributed by atoms with Crippen LogP contribution in [0.2, 0.25) is 0 Å². The Morgan fingerprint density at radius 2 is 1.88 bits per heavy atom. The van der Waals surface area contributed by atoms with Crippen molar-refractivity contribution in [2.45, 2.75) is 60.0 Å². The third kappa shape index (κ3) is 9.97. The number of carbonyl (C=O) groups excluding carboxylic acids is 1. The van der Waals surface area contributed by atoms with Crippen LogP contribution in [0.3, 0.4) is 0 Å². The van der Waals surface area contributed by atoms with Crippen LogP contribution in [-0.2, 0) is 4.79 Å². The van der Waals surface area contributed by atoms with E-state index in [-0.39, 0.29) is 17.4 Å². The normalized spacial score (nSPS) is 15.6. The van der Waals surface area contributed by atoms with Crippen LogP contribution in [0.25, 0.3) is 0 Å². The van der Waals surface area contributed by atoms with E-state index in [1.807, 2.05) is 0 Å². The first-order valence-corrected chi connectivity index (χ1v) is 6.15. The van der Waals surface area contributed by atoms with Crippen LogP contribution in [0.4, 0.5) is 0 Å². The topological polar surface area (TPSA) is 49.3 Å². The zero-order valence-electron chi connectivity index (χ0n) is 11.3. The molecular weight excluding hydrogens is 202 g/mol. The minimum Gasteiger partial charge on any atom is -0.393 e. The largest absolute Gasteiger partial charge is 0.393 e. The van der Waals surface area contributed by atoms with Crippen molar-refractivity contribution >= 4 is 5.91 Å². The Morgan fingerprint density at radius 3 is 2.31 bits per heavy atom. The number of hydrogen-bond acceptors (Lipinski definition) is 2. The molecule has 0 aliphatic heterocycles. The van der Waals surface area contributed by atoms with E-state index in [4.69, 9.17) is 5.11 Å². The van der Waals surface area contributed by atoms with Gasteiger partial charge in [-0.15, -0.1) is 0 Å². The third-order valence-electron chi connectivity index (χ3n) is 2.38. The smallest absolute Gasteiger partial charge is 0.220 e. The third-order valence-corrected chi connectivity index (χ3v) is 2.38. The maximum absolute atomic E-state index is 11.5. The van der Waals surface area contributed by atoms with E-state index >= 15 is 0 Å². The summed E-state index contributed by atoms with van der Waals surface area (Å²) >= 11 is 0. The average molecular weight is 229 g/mol. The molecule has 16 heavy (non-hydrogen) atoms. The van der Waals surface area contributed by atoms with E-state index in [9.17, 15) is 4.79 Å². The highest BCUT2D eigenvalue weighted by Crippen LogP contribution is 2.25. The maximum Gasteiger partial charge on any atom is 0.220 e. The van der Waals surface area contributed by atoms with Gasteiger partial charge in [0.1, 0.15) is 0 Å². The number of hydrogen-bond donors (Lipinski definition) is 2. The molecule has 2 N–H and O–H groups in total. The monoisotopic (exact) mass is 229 g/mol. The lowest BCUT2D eigenvalue weighted by molar-refractivity contribution is -0.122. The fourth-order valence-corrected chi connectivity index (χ4v) is 1.93. The van der Waals surface area contributed by atoms with Crippen molar-refractivity contribution < 1.29 is 9.90 Å². The van der Waals surface area contributed by atoms with E-state index in [2.05, 4.69) is 33.0 Å². The molecule has 0 radical (unpaired) electrons. The Hall–Kier alpha value is -0.570. The molecule has 0 fully saturated rings. The highest BCUT2D eigenvalue weighted by atomic mass is 16.3. The van der Waals surface area contributed by atoms with Gasteiger partial charge in [0.25, 0.3) is 0 Å². The molecule has 96 valence electrons. The van der Waals surface area contributed by atoms with Crippen LogP contribution in [0, 0.1) is 11.3 Å². The van der Waals surface area contributed by atoms with E-state index in [1.165, 1.54) is 0 Å². The second kappa shape index (κ2) is 6.89. The summed E-state index contributed by atoms with van der Waals surface area (Å²) in [6.45, 7) is 11.0. The zero-order chi connectivity index (χ0) is 12.8. The maximum atomic E-state index is 11.5. The second-order valence-electron chi connectivity index (χ2n) is 6.06. The number of rotatable bonds is 6. The molecule has 3 heteroatoms. The highest BCUT2D eigenvalue weighted by Gasteiger charge is 2.17. The van der Waals surface area contributed by atoms with E-state index < -0.39 is 0 Å². The molecule has 0 heterocycles. The van der Waals surface area contributed by atoms with Crippen molar-refractivity contribution in [3.05, 3.63) is 0 Å². The molecule has 0 rings (SSSR count). The molecule has 0 aliphatic rings. The van der Waals surface area contributed by atoms with Crippen LogP contribution in [0.15, 0.2) is 0 Å². The first-order valence-electron chi connectivity index (χ1n) is 6.15. The van der Waals surface area contributed by atoms with Crippen molar-refractivity contribution in [3.63, 3.8) is 0 Å². The van der Waals surface area contributed by atoms with Gasteiger partial charge in [-0.3, -0.25) is 4.79 Å². The lowest BCUT2D eigenvalue weighted by Gasteiger charge is -2.22. The van der Waals surface area contributed by atoms with Gasteiger partial charge in [0.2, 0.25) is 5.91 Å². The molecule has 0 spiro atoms. The molecular formula is C13H27NO2. The molecule has 0 bridgehead atoms. The lowest BCUT2D eigenvalue weighted by Crippen LogP contribution is -2.28. The van der Waals surface area contributed by atoms with Crippen molar-refractivity contribution in [1.29, 1.82) is 0 Å². The summed E-state index contributed by atoms with van der Waals surface area (Å²) < 4.78 is 0. The number of aliphatic hydroxyl groups is 1. The fraction of sp³-hybridized carbons (Fsp3) is 0.923. The summed E-state index contributed by atoms with van der Waals surface area (Å²) in [5.41, 5.74) is 0.277. The van der Waals surface area contributed by atoms with Gasteiger partial charge >= 0.3 is 0 Å². The van der Waals surface area contributed by atoms with E-state index in [1.54, 1.807) is 6.92 Å². The highest BCUT2D eigenvalue weighted by molar-refractivity contribution is 5.76. The first kappa shape index (κ1) is 15.4. The van der Waals surface area contributed by atoms with Crippen LogP contribution in [0.5, 0.6) is 0 Å². The van der Waals surface area contributed by atoms with E-state index in [0.717, 1.165) is 6.42 Å². The van der Waals surface area contributed by atoms with Crippen LogP contribution >= 0.6 is 0 Å². The first-order chi connectivity index (χ1) is 7.20. The predicted octanol–water partition coefficient (Wildman–Crippen LogP) is 2.34. The molecule has 2 unspecified atom stereocenters. The predicted molar refractivity (Wildman–Crippen MR) is 67.2 cm³/mol. The summed E-state index contributed by atoms with van der Waals surface area (Å²) in [5.74, 6) is 0.504. The Kier molecular flexibility index (Phi) is 6.65. The molecule has 0 aliphatic carbocycles. The quantitative estimate of drug-likeness (QED) is 0.734. The van der Waals surface area contributed by atoms with Gasteiger partial charge < -0.3 is 10.4 Å². The minimum atomic E-state index is -0.340.